The van der Waals surface area contributed by atoms with Gasteiger partial charge in [-0.15, -0.1) is 0 Å². The van der Waals surface area contributed by atoms with Gasteiger partial charge in [-0.3, -0.25) is 0 Å². The molecule has 0 aromatic heterocycles. The summed E-state index contributed by atoms with van der Waals surface area (Å²) in [6, 6.07) is 65.9. The molecule has 0 saturated heterocycles. The second-order valence-corrected chi connectivity index (χ2v) is 14.8. The van der Waals surface area contributed by atoms with Crippen molar-refractivity contribution in [2.45, 2.75) is 24.7 Å². The predicted octanol–water partition coefficient (Wildman–Crippen LogP) is 13.0. The summed E-state index contributed by atoms with van der Waals surface area (Å²) < 4.78 is 0. The van der Waals surface area contributed by atoms with Gasteiger partial charge in [0.2, 0.25) is 0 Å². The maximum atomic E-state index is 2.54. The van der Waals surface area contributed by atoms with Crippen molar-refractivity contribution in [2.24, 2.45) is 0 Å². The molecule has 8 aromatic carbocycles. The molecule has 8 aromatic rings. The van der Waals surface area contributed by atoms with Crippen LogP contribution in [-0.2, 0) is 10.8 Å². The molecule has 1 spiro atoms. The molecule has 0 amide bonds. The lowest BCUT2D eigenvalue weighted by molar-refractivity contribution is 0.660. The van der Waals surface area contributed by atoms with Gasteiger partial charge < -0.3 is 4.90 Å². The predicted molar refractivity (Wildman–Crippen MR) is 212 cm³/mol. The second kappa shape index (κ2) is 10.2. The number of benzene rings is 8. The minimum Gasteiger partial charge on any atom is -0.309 e. The van der Waals surface area contributed by atoms with Crippen molar-refractivity contribution in [2.75, 3.05) is 4.90 Å². The Morgan fingerprint density at radius 3 is 1.59 bits per heavy atom. The maximum absolute atomic E-state index is 2.54. The Morgan fingerprint density at radius 1 is 0.373 bits per heavy atom. The molecule has 0 atom stereocenters. The zero-order chi connectivity index (χ0) is 33.9. The molecular weight excluding hydrogens is 615 g/mol. The average Bonchev–Trinajstić information content (AvgIpc) is 3.74. The van der Waals surface area contributed by atoms with Crippen LogP contribution in [0.5, 0.6) is 0 Å². The zero-order valence-corrected chi connectivity index (χ0v) is 28.7. The summed E-state index contributed by atoms with van der Waals surface area (Å²) in [4.78, 5) is 2.54. The van der Waals surface area contributed by atoms with Crippen LogP contribution in [0, 0.1) is 0 Å². The number of hydrogen-bond acceptors (Lipinski definition) is 1. The fraction of sp³-hybridized carbons (Fsp3) is 0.0800. The van der Waals surface area contributed by atoms with E-state index in [1.807, 2.05) is 0 Å². The van der Waals surface area contributed by atoms with Crippen molar-refractivity contribution in [1.82, 2.24) is 0 Å². The molecule has 3 aliphatic rings. The van der Waals surface area contributed by atoms with Gasteiger partial charge in [-0.05, 0) is 90.8 Å². The molecular formula is C50H35N. The third-order valence-corrected chi connectivity index (χ3v) is 12.1. The van der Waals surface area contributed by atoms with Crippen LogP contribution in [0.1, 0.15) is 47.2 Å². The molecule has 0 unspecified atom stereocenters. The van der Waals surface area contributed by atoms with Gasteiger partial charge in [0.15, 0.2) is 0 Å². The first-order chi connectivity index (χ1) is 25.1. The van der Waals surface area contributed by atoms with E-state index in [9.17, 15) is 0 Å². The molecule has 0 fully saturated rings. The first-order valence-electron chi connectivity index (χ1n) is 18.0. The average molecular weight is 650 g/mol. The Bertz CT molecular complexity index is 2700. The Morgan fingerprint density at radius 2 is 0.863 bits per heavy atom. The smallest absolute Gasteiger partial charge is 0.0726 e. The van der Waals surface area contributed by atoms with Crippen LogP contribution in [0.3, 0.4) is 0 Å². The van der Waals surface area contributed by atoms with Crippen LogP contribution in [-0.4, -0.2) is 0 Å². The van der Waals surface area contributed by atoms with E-state index in [-0.39, 0.29) is 5.41 Å². The SMILES string of the molecule is CC1(C)c2ccccc2-c2ccc(N(c3cccc4c3-c3ccccc3C43c4ccccc4-c4ccccc43)c3cccc4ccccc34)cc21. The van der Waals surface area contributed by atoms with E-state index in [4.69, 9.17) is 0 Å². The van der Waals surface area contributed by atoms with E-state index in [0.29, 0.717) is 0 Å². The van der Waals surface area contributed by atoms with E-state index < -0.39 is 5.41 Å². The first kappa shape index (κ1) is 28.6. The standard InChI is InChI=1S/C50H35N/c1-49(2)40-22-9-5-18-35(40)38-30-29-33(31-45(38)49)51(46-27-13-16-32-15-3-4-17-34(32)46)47-28-14-26-44-48(47)39-21-8-12-25-43(39)50(44)41-23-10-6-19-36(41)37-20-7-11-24-42(37)50/h3-31H,1-2H3. The molecule has 1 nitrogen and oxygen atoms in total. The fourth-order valence-electron chi connectivity index (χ4n) is 9.95. The van der Waals surface area contributed by atoms with Crippen molar-refractivity contribution in [3.05, 3.63) is 209 Å². The lowest BCUT2D eigenvalue weighted by Gasteiger charge is -2.32. The summed E-state index contributed by atoms with van der Waals surface area (Å²) in [6.45, 7) is 4.75. The molecule has 0 radical (unpaired) electrons. The highest BCUT2D eigenvalue weighted by molar-refractivity contribution is 6.05. The Hall–Kier alpha value is -6.18. The molecule has 1 heteroatoms. The van der Waals surface area contributed by atoms with E-state index in [2.05, 4.69) is 195 Å². The highest BCUT2D eigenvalue weighted by atomic mass is 15.1. The molecule has 0 aliphatic heterocycles. The van der Waals surface area contributed by atoms with E-state index in [1.165, 1.54) is 94.6 Å². The van der Waals surface area contributed by atoms with Crippen molar-refractivity contribution in [1.29, 1.82) is 0 Å². The summed E-state index contributed by atoms with van der Waals surface area (Å²) in [5.41, 5.74) is 19.2. The molecule has 3 aliphatic carbocycles. The molecule has 0 N–H and O–H groups in total. The molecule has 0 saturated carbocycles. The Kier molecular flexibility index (Phi) is 5.72. The number of hydrogen-bond donors (Lipinski definition) is 0. The van der Waals surface area contributed by atoms with Gasteiger partial charge in [-0.25, -0.2) is 0 Å². The molecule has 51 heavy (non-hydrogen) atoms. The summed E-state index contributed by atoms with van der Waals surface area (Å²) >= 11 is 0. The third kappa shape index (κ3) is 3.60. The van der Waals surface area contributed by atoms with Crippen molar-refractivity contribution >= 4 is 27.8 Å². The number of fused-ring (bicyclic) bond motifs is 14. The molecule has 0 bridgehead atoms. The number of nitrogens with zero attached hydrogens (tertiary/aromatic N) is 1. The lowest BCUT2D eigenvalue weighted by Crippen LogP contribution is -2.26. The first-order valence-corrected chi connectivity index (χ1v) is 18.0. The number of rotatable bonds is 3. The normalized spacial score (nSPS) is 14.8. The van der Waals surface area contributed by atoms with E-state index >= 15 is 0 Å². The van der Waals surface area contributed by atoms with E-state index in [0.717, 1.165) is 0 Å². The van der Waals surface area contributed by atoms with E-state index in [1.54, 1.807) is 0 Å². The maximum Gasteiger partial charge on any atom is 0.0726 e. The zero-order valence-electron chi connectivity index (χ0n) is 28.7. The highest BCUT2D eigenvalue weighted by Crippen LogP contribution is 2.65. The minimum atomic E-state index is -0.402. The van der Waals surface area contributed by atoms with Gasteiger partial charge in [-0.1, -0.05) is 166 Å². The van der Waals surface area contributed by atoms with Gasteiger partial charge in [0.1, 0.15) is 0 Å². The van der Waals surface area contributed by atoms with Gasteiger partial charge in [0.25, 0.3) is 0 Å². The van der Waals surface area contributed by atoms with Crippen molar-refractivity contribution in [3.8, 4) is 33.4 Å². The fourth-order valence-corrected chi connectivity index (χ4v) is 9.95. The molecule has 240 valence electrons. The van der Waals surface area contributed by atoms with Crippen LogP contribution in [0.15, 0.2) is 176 Å². The molecule has 11 rings (SSSR count). The number of anilines is 3. The third-order valence-electron chi connectivity index (χ3n) is 12.1. The Balaban J connectivity index is 1.24. The van der Waals surface area contributed by atoms with Crippen molar-refractivity contribution in [3.63, 3.8) is 0 Å². The van der Waals surface area contributed by atoms with Gasteiger partial charge in [0.05, 0.1) is 16.8 Å². The topological polar surface area (TPSA) is 3.24 Å². The largest absolute Gasteiger partial charge is 0.309 e. The van der Waals surface area contributed by atoms with Crippen LogP contribution >= 0.6 is 0 Å². The quantitative estimate of drug-likeness (QED) is 0.184. The summed E-state index contributed by atoms with van der Waals surface area (Å²) in [6.07, 6.45) is 0. The minimum absolute atomic E-state index is 0.112. The summed E-state index contributed by atoms with van der Waals surface area (Å²) in [5, 5.41) is 2.47. The van der Waals surface area contributed by atoms with Crippen molar-refractivity contribution < 1.29 is 0 Å². The van der Waals surface area contributed by atoms with Gasteiger partial charge in [0, 0.05) is 22.1 Å². The summed E-state index contributed by atoms with van der Waals surface area (Å²) in [7, 11) is 0. The lowest BCUT2D eigenvalue weighted by atomic mass is 9.70. The summed E-state index contributed by atoms with van der Waals surface area (Å²) in [5.74, 6) is 0. The van der Waals surface area contributed by atoms with Gasteiger partial charge >= 0.3 is 0 Å². The molecule has 0 heterocycles. The van der Waals surface area contributed by atoms with Gasteiger partial charge in [-0.2, -0.15) is 0 Å². The highest BCUT2D eigenvalue weighted by Gasteiger charge is 2.52. The van der Waals surface area contributed by atoms with Crippen LogP contribution in [0.2, 0.25) is 0 Å². The second-order valence-electron chi connectivity index (χ2n) is 14.8. The van der Waals surface area contributed by atoms with Crippen LogP contribution < -0.4 is 4.90 Å². The monoisotopic (exact) mass is 649 g/mol. The van der Waals surface area contributed by atoms with Crippen LogP contribution in [0.25, 0.3) is 44.2 Å². The Labute approximate surface area is 299 Å². The van der Waals surface area contributed by atoms with Crippen LogP contribution in [0.4, 0.5) is 17.1 Å².